The molecule has 0 aromatic carbocycles. The fraction of sp³-hybridized carbons (Fsp3) is 0.963. The van der Waals surface area contributed by atoms with Crippen molar-refractivity contribution in [1.29, 1.82) is 0 Å². The number of fused-ring (bicyclic) bond motifs is 10. The number of carbonyl (C=O) groups is 1. The maximum Gasteiger partial charge on any atom is 0.305 e. The van der Waals surface area contributed by atoms with Gasteiger partial charge in [0.1, 0.15) is 0 Å². The lowest BCUT2D eigenvalue weighted by Gasteiger charge is -2.65. The summed E-state index contributed by atoms with van der Waals surface area (Å²) in [6.07, 6.45) is 8.82. The minimum absolute atomic E-state index is 0.0409. The Morgan fingerprint density at radius 2 is 1.71 bits per heavy atom. The summed E-state index contributed by atoms with van der Waals surface area (Å²) in [6.45, 7) is 9.37. The zero-order chi connectivity index (χ0) is 22.0. The molecule has 0 aromatic rings. The van der Waals surface area contributed by atoms with Crippen LogP contribution in [0.2, 0.25) is 0 Å². The quantitative estimate of drug-likeness (QED) is 0.642. The zero-order valence-electron chi connectivity index (χ0n) is 19.9. The van der Waals surface area contributed by atoms with Gasteiger partial charge < -0.3 is 14.9 Å². The van der Waals surface area contributed by atoms with Gasteiger partial charge in [-0.25, -0.2) is 0 Å². The highest BCUT2D eigenvalue weighted by molar-refractivity contribution is 5.69. The molecule has 6 fully saturated rings. The average molecular weight is 431 g/mol. The minimum atomic E-state index is -0.722. The Balaban J connectivity index is 1.31. The van der Waals surface area contributed by atoms with Gasteiger partial charge in [-0.1, -0.05) is 20.8 Å². The molecule has 0 aromatic heterocycles. The summed E-state index contributed by atoms with van der Waals surface area (Å²) in [5.74, 6) is 4.44. The molecule has 6 saturated carbocycles. The van der Waals surface area contributed by atoms with E-state index in [2.05, 4.69) is 20.8 Å². The molecule has 0 radical (unpaired) electrons. The van der Waals surface area contributed by atoms with Crippen molar-refractivity contribution < 1.29 is 19.7 Å². The maximum atomic E-state index is 12.1. The Labute approximate surface area is 187 Å². The van der Waals surface area contributed by atoms with Gasteiger partial charge in [0.15, 0.2) is 0 Å². The normalized spacial score (nSPS) is 60.7. The topological polar surface area (TPSA) is 66.8 Å². The van der Waals surface area contributed by atoms with E-state index in [4.69, 9.17) is 4.74 Å². The van der Waals surface area contributed by atoms with E-state index >= 15 is 0 Å². The second-order valence-corrected chi connectivity index (χ2v) is 13.1. The van der Waals surface area contributed by atoms with Crippen LogP contribution in [0.1, 0.15) is 85.5 Å². The van der Waals surface area contributed by atoms with Crippen LogP contribution in [0.3, 0.4) is 0 Å². The second-order valence-electron chi connectivity index (χ2n) is 13.1. The SMILES string of the molecule is CCOC(=O)CC[C@]1(O)[C@H]2CC2C2C3C(CC[C@@]21C)[C@@]1(C)CC[C@H](C)C[C@@]1(O)[C@@H]1C[C@H]31. The van der Waals surface area contributed by atoms with E-state index in [0.29, 0.717) is 66.8 Å². The van der Waals surface area contributed by atoms with Gasteiger partial charge in [-0.2, -0.15) is 0 Å². The predicted octanol–water partition coefficient (Wildman–Crippen LogP) is 4.57. The third-order valence-electron chi connectivity index (χ3n) is 12.1. The van der Waals surface area contributed by atoms with Crippen LogP contribution >= 0.6 is 0 Å². The van der Waals surface area contributed by atoms with Crippen LogP contribution in [-0.4, -0.2) is 34.0 Å². The van der Waals surface area contributed by atoms with E-state index in [-0.39, 0.29) is 16.8 Å². The summed E-state index contributed by atoms with van der Waals surface area (Å²) in [4.78, 5) is 12.1. The standard InChI is InChI=1S/C27H42O4/c1-5-31-21(28)8-11-26(29)20-13-17(20)23-22-16-12-19(16)27(30)14-15(2)6-9-24(27,3)18(22)7-10-25(23,26)4/h15-20,22-23,29-30H,5-14H2,1-4H3/t15-,16-,17?,18?,19+,20-,22?,23?,24+,25-,26-,27+/m0/s1. The summed E-state index contributed by atoms with van der Waals surface area (Å²) in [5.41, 5.74) is -1.24. The van der Waals surface area contributed by atoms with E-state index in [0.717, 1.165) is 25.7 Å². The van der Waals surface area contributed by atoms with Crippen LogP contribution in [0.15, 0.2) is 0 Å². The first kappa shape index (κ1) is 21.0. The molecule has 4 unspecified atom stereocenters. The van der Waals surface area contributed by atoms with Crippen molar-refractivity contribution in [3.05, 3.63) is 0 Å². The van der Waals surface area contributed by atoms with Crippen molar-refractivity contribution in [3.8, 4) is 0 Å². The summed E-state index contributed by atoms with van der Waals surface area (Å²) in [6, 6.07) is 0. The molecular formula is C27H42O4. The lowest BCUT2D eigenvalue weighted by molar-refractivity contribution is -0.232. The van der Waals surface area contributed by atoms with Crippen molar-refractivity contribution >= 4 is 5.97 Å². The largest absolute Gasteiger partial charge is 0.466 e. The van der Waals surface area contributed by atoms with Gasteiger partial charge in [0.2, 0.25) is 0 Å². The molecule has 0 saturated heterocycles. The number of rotatable bonds is 4. The lowest BCUT2D eigenvalue weighted by atomic mass is 9.41. The molecule has 0 heterocycles. The second kappa shape index (κ2) is 6.29. The molecule has 4 nitrogen and oxygen atoms in total. The van der Waals surface area contributed by atoms with Crippen molar-refractivity contribution in [2.75, 3.05) is 6.61 Å². The summed E-state index contributed by atoms with van der Waals surface area (Å²) in [5, 5.41) is 24.1. The van der Waals surface area contributed by atoms with Gasteiger partial charge in [0, 0.05) is 6.42 Å². The minimum Gasteiger partial charge on any atom is -0.466 e. The van der Waals surface area contributed by atoms with Crippen molar-refractivity contribution in [2.24, 2.45) is 58.2 Å². The number of aliphatic hydroxyl groups is 2. The van der Waals surface area contributed by atoms with Gasteiger partial charge in [0.25, 0.3) is 0 Å². The Bertz CT molecular complexity index is 796. The molecular weight excluding hydrogens is 388 g/mol. The molecule has 6 aliphatic rings. The molecule has 4 heteroatoms. The molecule has 31 heavy (non-hydrogen) atoms. The van der Waals surface area contributed by atoms with E-state index in [1.54, 1.807) is 0 Å². The fourth-order valence-corrected chi connectivity index (χ4v) is 10.5. The van der Waals surface area contributed by atoms with Gasteiger partial charge in [-0.15, -0.1) is 0 Å². The molecule has 6 aliphatic carbocycles. The summed E-state index contributed by atoms with van der Waals surface area (Å²) < 4.78 is 5.19. The van der Waals surface area contributed by atoms with Crippen LogP contribution in [0.4, 0.5) is 0 Å². The molecule has 6 rings (SSSR count). The van der Waals surface area contributed by atoms with Crippen LogP contribution < -0.4 is 0 Å². The first-order valence-electron chi connectivity index (χ1n) is 13.2. The van der Waals surface area contributed by atoms with Gasteiger partial charge in [0.05, 0.1) is 17.8 Å². The van der Waals surface area contributed by atoms with E-state index in [1.165, 1.54) is 19.3 Å². The average Bonchev–Trinajstić information content (AvgIpc) is 3.61. The van der Waals surface area contributed by atoms with E-state index in [1.807, 2.05) is 6.92 Å². The van der Waals surface area contributed by atoms with E-state index < -0.39 is 11.2 Å². The Morgan fingerprint density at radius 1 is 1.00 bits per heavy atom. The van der Waals surface area contributed by atoms with Gasteiger partial charge in [-0.05, 0) is 116 Å². The van der Waals surface area contributed by atoms with Crippen molar-refractivity contribution in [1.82, 2.24) is 0 Å². The predicted molar refractivity (Wildman–Crippen MR) is 118 cm³/mol. The van der Waals surface area contributed by atoms with Gasteiger partial charge in [-0.3, -0.25) is 4.79 Å². The van der Waals surface area contributed by atoms with E-state index in [9.17, 15) is 15.0 Å². The van der Waals surface area contributed by atoms with Gasteiger partial charge >= 0.3 is 5.97 Å². The Morgan fingerprint density at radius 3 is 2.45 bits per heavy atom. The van der Waals surface area contributed by atoms with Crippen molar-refractivity contribution in [3.63, 3.8) is 0 Å². The van der Waals surface area contributed by atoms with Crippen LogP contribution in [0, 0.1) is 58.2 Å². The molecule has 2 N–H and O–H groups in total. The van der Waals surface area contributed by atoms with Crippen LogP contribution in [0.25, 0.3) is 0 Å². The summed E-state index contributed by atoms with van der Waals surface area (Å²) >= 11 is 0. The number of ether oxygens (including phenoxy) is 1. The Kier molecular flexibility index (Phi) is 4.25. The Hall–Kier alpha value is -0.610. The van der Waals surface area contributed by atoms with Crippen molar-refractivity contribution in [2.45, 2.75) is 96.7 Å². The highest BCUT2D eigenvalue weighted by Gasteiger charge is 2.80. The highest BCUT2D eigenvalue weighted by Crippen LogP contribution is 2.82. The molecule has 0 aliphatic heterocycles. The summed E-state index contributed by atoms with van der Waals surface area (Å²) in [7, 11) is 0. The van der Waals surface area contributed by atoms with Crippen LogP contribution in [0.5, 0.6) is 0 Å². The zero-order valence-corrected chi connectivity index (χ0v) is 19.9. The number of hydrogen-bond acceptors (Lipinski definition) is 4. The first-order valence-corrected chi connectivity index (χ1v) is 13.2. The third kappa shape index (κ3) is 2.42. The lowest BCUT2D eigenvalue weighted by Crippen LogP contribution is -2.65. The molecule has 12 atom stereocenters. The third-order valence-corrected chi connectivity index (χ3v) is 12.1. The fourth-order valence-electron chi connectivity index (χ4n) is 10.5. The maximum absolute atomic E-state index is 12.1. The molecule has 0 amide bonds. The molecule has 0 spiro atoms. The number of carbonyl (C=O) groups excluding carboxylic acids is 1. The number of esters is 1. The van der Waals surface area contributed by atoms with Crippen LogP contribution in [-0.2, 0) is 9.53 Å². The highest BCUT2D eigenvalue weighted by atomic mass is 16.5. The molecule has 0 bridgehead atoms. The molecule has 174 valence electrons. The monoisotopic (exact) mass is 430 g/mol. The number of hydrogen-bond donors (Lipinski definition) is 2. The first-order chi connectivity index (χ1) is 14.6. The smallest absolute Gasteiger partial charge is 0.305 e.